The van der Waals surface area contributed by atoms with Crippen LogP contribution in [0.15, 0.2) is 23.1 Å². The van der Waals surface area contributed by atoms with Crippen molar-refractivity contribution >= 4 is 10.0 Å². The Kier molecular flexibility index (Phi) is 4.13. The number of benzene rings is 1. The van der Waals surface area contributed by atoms with Gasteiger partial charge in [0.25, 0.3) is 0 Å². The standard InChI is InChI=1S/C13H20N2O3S/c1-10-4-5-12(18-3)13(8-10)19(16,17)15(2)11-6-7-14-9-11/h4-5,8,11,14H,6-7,9H2,1-3H3. The molecule has 6 heteroatoms. The number of nitrogens with zero attached hydrogens (tertiary/aromatic N) is 1. The number of aryl methyl sites for hydroxylation is 1. The van der Waals surface area contributed by atoms with Crippen LogP contribution in [0.2, 0.25) is 0 Å². The molecule has 1 atom stereocenters. The van der Waals surface area contributed by atoms with E-state index in [1.54, 1.807) is 19.2 Å². The Bertz CT molecular complexity index is 551. The van der Waals surface area contributed by atoms with E-state index in [4.69, 9.17) is 4.74 Å². The van der Waals surface area contributed by atoms with Crippen molar-refractivity contribution < 1.29 is 13.2 Å². The predicted octanol–water partition coefficient (Wildman–Crippen LogP) is 0.986. The van der Waals surface area contributed by atoms with Crippen molar-refractivity contribution in [2.75, 3.05) is 27.2 Å². The molecule has 1 heterocycles. The van der Waals surface area contributed by atoms with Crippen LogP contribution in [0.3, 0.4) is 0 Å². The monoisotopic (exact) mass is 284 g/mol. The fourth-order valence-corrected chi connectivity index (χ4v) is 3.91. The van der Waals surface area contributed by atoms with Gasteiger partial charge in [-0.2, -0.15) is 4.31 Å². The van der Waals surface area contributed by atoms with E-state index in [9.17, 15) is 8.42 Å². The number of hydrogen-bond acceptors (Lipinski definition) is 4. The van der Waals surface area contributed by atoms with Crippen LogP contribution in [0.25, 0.3) is 0 Å². The Hall–Kier alpha value is -1.11. The highest BCUT2D eigenvalue weighted by atomic mass is 32.2. The largest absolute Gasteiger partial charge is 0.495 e. The van der Waals surface area contributed by atoms with Crippen molar-refractivity contribution in [3.63, 3.8) is 0 Å². The molecule has 0 aliphatic carbocycles. The number of methoxy groups -OCH3 is 1. The zero-order valence-electron chi connectivity index (χ0n) is 11.5. The van der Waals surface area contributed by atoms with E-state index in [1.807, 2.05) is 13.0 Å². The second-order valence-electron chi connectivity index (χ2n) is 4.82. The van der Waals surface area contributed by atoms with Gasteiger partial charge in [-0.25, -0.2) is 8.42 Å². The molecule has 106 valence electrons. The summed E-state index contributed by atoms with van der Waals surface area (Å²) in [6.45, 7) is 3.43. The van der Waals surface area contributed by atoms with Crippen LogP contribution in [-0.2, 0) is 10.0 Å². The highest BCUT2D eigenvalue weighted by molar-refractivity contribution is 7.89. The molecular formula is C13H20N2O3S. The van der Waals surface area contributed by atoms with Crippen LogP contribution >= 0.6 is 0 Å². The molecule has 1 aliphatic heterocycles. The average molecular weight is 284 g/mol. The molecule has 1 unspecified atom stereocenters. The Morgan fingerprint density at radius 3 is 2.74 bits per heavy atom. The fourth-order valence-electron chi connectivity index (χ4n) is 2.29. The van der Waals surface area contributed by atoms with E-state index in [-0.39, 0.29) is 10.9 Å². The summed E-state index contributed by atoms with van der Waals surface area (Å²) >= 11 is 0. The van der Waals surface area contributed by atoms with Crippen molar-refractivity contribution in [3.05, 3.63) is 23.8 Å². The molecular weight excluding hydrogens is 264 g/mol. The van der Waals surface area contributed by atoms with Crippen molar-refractivity contribution in [1.29, 1.82) is 0 Å². The van der Waals surface area contributed by atoms with Crippen LogP contribution in [-0.4, -0.2) is 46.0 Å². The van der Waals surface area contributed by atoms with Crippen molar-refractivity contribution in [2.24, 2.45) is 0 Å². The van der Waals surface area contributed by atoms with Gasteiger partial charge >= 0.3 is 0 Å². The molecule has 0 amide bonds. The number of hydrogen-bond donors (Lipinski definition) is 1. The van der Waals surface area contributed by atoms with E-state index in [0.29, 0.717) is 12.3 Å². The van der Waals surface area contributed by atoms with Gasteiger partial charge in [0, 0.05) is 19.6 Å². The van der Waals surface area contributed by atoms with Gasteiger partial charge in [0.2, 0.25) is 10.0 Å². The van der Waals surface area contributed by atoms with Crippen LogP contribution in [0.5, 0.6) is 5.75 Å². The maximum Gasteiger partial charge on any atom is 0.246 e. The third-order valence-electron chi connectivity index (χ3n) is 3.52. The lowest BCUT2D eigenvalue weighted by Gasteiger charge is -2.24. The Labute approximate surface area is 114 Å². The first kappa shape index (κ1) is 14.3. The minimum Gasteiger partial charge on any atom is -0.495 e. The third kappa shape index (κ3) is 2.75. The summed E-state index contributed by atoms with van der Waals surface area (Å²) in [4.78, 5) is 0.240. The molecule has 1 aromatic carbocycles. The minimum atomic E-state index is -3.52. The van der Waals surface area contributed by atoms with Crippen LogP contribution < -0.4 is 10.1 Å². The second kappa shape index (κ2) is 5.48. The fraction of sp³-hybridized carbons (Fsp3) is 0.538. The van der Waals surface area contributed by atoms with Gasteiger partial charge in [0.15, 0.2) is 0 Å². The third-order valence-corrected chi connectivity index (χ3v) is 5.46. The molecule has 0 saturated carbocycles. The van der Waals surface area contributed by atoms with Gasteiger partial charge < -0.3 is 10.1 Å². The zero-order valence-corrected chi connectivity index (χ0v) is 12.3. The molecule has 1 N–H and O–H groups in total. The molecule has 0 aromatic heterocycles. The lowest BCUT2D eigenvalue weighted by atomic mass is 10.2. The molecule has 2 rings (SSSR count). The summed E-state index contributed by atoms with van der Waals surface area (Å²) < 4.78 is 32.0. The average Bonchev–Trinajstić information content (AvgIpc) is 2.91. The highest BCUT2D eigenvalue weighted by Gasteiger charge is 2.31. The van der Waals surface area contributed by atoms with E-state index in [1.165, 1.54) is 11.4 Å². The van der Waals surface area contributed by atoms with Gasteiger partial charge in [-0.05, 0) is 37.6 Å². The zero-order chi connectivity index (χ0) is 14.0. The Morgan fingerprint density at radius 1 is 1.42 bits per heavy atom. The molecule has 0 spiro atoms. The number of sulfonamides is 1. The summed E-state index contributed by atoms with van der Waals surface area (Å²) in [7, 11) is -0.399. The lowest BCUT2D eigenvalue weighted by Crippen LogP contribution is -2.38. The molecule has 0 bridgehead atoms. The van der Waals surface area contributed by atoms with E-state index in [0.717, 1.165) is 18.5 Å². The maximum atomic E-state index is 12.7. The SMILES string of the molecule is COc1ccc(C)cc1S(=O)(=O)N(C)C1CCNC1. The van der Waals surface area contributed by atoms with Crippen LogP contribution in [0, 0.1) is 6.92 Å². The van der Waals surface area contributed by atoms with Gasteiger partial charge in [0.1, 0.15) is 10.6 Å². The Balaban J connectivity index is 2.40. The molecule has 1 aromatic rings. The van der Waals surface area contributed by atoms with Gasteiger partial charge in [0.05, 0.1) is 7.11 Å². The molecule has 1 fully saturated rings. The summed E-state index contributed by atoms with van der Waals surface area (Å²) in [5.41, 5.74) is 0.900. The van der Waals surface area contributed by atoms with E-state index < -0.39 is 10.0 Å². The first-order chi connectivity index (χ1) is 8.96. The van der Waals surface area contributed by atoms with E-state index >= 15 is 0 Å². The molecule has 19 heavy (non-hydrogen) atoms. The summed E-state index contributed by atoms with van der Waals surface area (Å²) in [5, 5.41) is 3.18. The molecule has 5 nitrogen and oxygen atoms in total. The summed E-state index contributed by atoms with van der Waals surface area (Å²) in [6.07, 6.45) is 0.837. The number of nitrogens with one attached hydrogen (secondary N) is 1. The topological polar surface area (TPSA) is 58.6 Å². The quantitative estimate of drug-likeness (QED) is 0.895. The maximum absolute atomic E-state index is 12.7. The normalized spacial score (nSPS) is 19.9. The van der Waals surface area contributed by atoms with Crippen molar-refractivity contribution in [1.82, 2.24) is 9.62 Å². The summed E-state index contributed by atoms with van der Waals surface area (Å²) in [5.74, 6) is 0.392. The lowest BCUT2D eigenvalue weighted by molar-refractivity contribution is 0.376. The number of rotatable bonds is 4. The van der Waals surface area contributed by atoms with Gasteiger partial charge in [-0.1, -0.05) is 6.07 Å². The number of ether oxygens (including phenoxy) is 1. The second-order valence-corrected chi connectivity index (χ2v) is 6.79. The molecule has 1 aliphatic rings. The molecule has 0 radical (unpaired) electrons. The first-order valence-corrected chi connectivity index (χ1v) is 7.74. The minimum absolute atomic E-state index is 0.00946. The van der Waals surface area contributed by atoms with Crippen molar-refractivity contribution in [3.8, 4) is 5.75 Å². The predicted molar refractivity (Wildman–Crippen MR) is 74.0 cm³/mol. The first-order valence-electron chi connectivity index (χ1n) is 6.30. The Morgan fingerprint density at radius 2 is 2.16 bits per heavy atom. The highest BCUT2D eigenvalue weighted by Crippen LogP contribution is 2.28. The van der Waals surface area contributed by atoms with Gasteiger partial charge in [-0.15, -0.1) is 0 Å². The van der Waals surface area contributed by atoms with E-state index in [2.05, 4.69) is 5.32 Å². The van der Waals surface area contributed by atoms with Crippen LogP contribution in [0.1, 0.15) is 12.0 Å². The van der Waals surface area contributed by atoms with Crippen LogP contribution in [0.4, 0.5) is 0 Å². The summed E-state index contributed by atoms with van der Waals surface area (Å²) in [6, 6.07) is 5.21. The smallest absolute Gasteiger partial charge is 0.246 e. The molecule has 1 saturated heterocycles. The number of likely N-dealkylation sites (N-methyl/N-ethyl adjacent to an activating group) is 1. The van der Waals surface area contributed by atoms with Gasteiger partial charge in [-0.3, -0.25) is 0 Å². The van der Waals surface area contributed by atoms with Crippen molar-refractivity contribution in [2.45, 2.75) is 24.3 Å².